The Labute approximate surface area is 135 Å². The highest BCUT2D eigenvalue weighted by molar-refractivity contribution is 5.88. The van der Waals surface area contributed by atoms with Gasteiger partial charge in [-0.25, -0.2) is 14.8 Å². The summed E-state index contributed by atoms with van der Waals surface area (Å²) in [6.07, 6.45) is 1.40. The Hall–Kier alpha value is -2.63. The summed E-state index contributed by atoms with van der Waals surface area (Å²) in [6, 6.07) is 8.54. The second kappa shape index (κ2) is 6.24. The van der Waals surface area contributed by atoms with Crippen LogP contribution in [-0.4, -0.2) is 47.2 Å². The summed E-state index contributed by atoms with van der Waals surface area (Å²) in [5.74, 6) is -0.380. The maximum absolute atomic E-state index is 11.0. The van der Waals surface area contributed by atoms with E-state index in [0.29, 0.717) is 11.6 Å². The van der Waals surface area contributed by atoms with E-state index in [1.165, 1.54) is 17.4 Å². The molecule has 1 aliphatic rings. The van der Waals surface area contributed by atoms with Crippen LogP contribution in [0.2, 0.25) is 0 Å². The fraction of sp³-hybridized carbons (Fsp3) is 0.353. The standard InChI is InChI=1S/C17H20N4O2/c1-12-3-5-14(6-4-12)20-7-9-21(10-8-20)17-18-11-15(16(22)23)13(2)19-17/h3-6,11H,7-10H2,1-2H3,(H,22,23). The van der Waals surface area contributed by atoms with Crippen LogP contribution in [0.25, 0.3) is 0 Å². The van der Waals surface area contributed by atoms with Crippen LogP contribution in [0.5, 0.6) is 0 Å². The Morgan fingerprint density at radius 1 is 1.04 bits per heavy atom. The normalized spacial score (nSPS) is 14.9. The van der Waals surface area contributed by atoms with Gasteiger partial charge in [0, 0.05) is 38.1 Å². The van der Waals surface area contributed by atoms with Gasteiger partial charge in [-0.15, -0.1) is 0 Å². The zero-order valence-corrected chi connectivity index (χ0v) is 13.4. The molecule has 0 spiro atoms. The molecule has 0 aliphatic carbocycles. The highest BCUT2D eigenvalue weighted by Gasteiger charge is 2.20. The molecule has 0 unspecified atom stereocenters. The fourth-order valence-electron chi connectivity index (χ4n) is 2.74. The SMILES string of the molecule is Cc1ccc(N2CCN(c3ncc(C(=O)O)c(C)n3)CC2)cc1. The van der Waals surface area contributed by atoms with E-state index in [0.717, 1.165) is 26.2 Å². The number of nitrogens with zero attached hydrogens (tertiary/aromatic N) is 4. The number of piperazine rings is 1. The fourth-order valence-corrected chi connectivity index (χ4v) is 2.74. The lowest BCUT2D eigenvalue weighted by Gasteiger charge is -2.36. The average molecular weight is 312 g/mol. The first kappa shape index (κ1) is 15.3. The molecule has 1 N–H and O–H groups in total. The smallest absolute Gasteiger partial charge is 0.339 e. The van der Waals surface area contributed by atoms with Crippen molar-refractivity contribution in [2.24, 2.45) is 0 Å². The van der Waals surface area contributed by atoms with Crippen LogP contribution in [0, 0.1) is 13.8 Å². The number of carbonyl (C=O) groups is 1. The van der Waals surface area contributed by atoms with Gasteiger partial charge in [0.2, 0.25) is 5.95 Å². The van der Waals surface area contributed by atoms with Gasteiger partial charge in [0.05, 0.1) is 11.3 Å². The first-order valence-corrected chi connectivity index (χ1v) is 7.68. The molecule has 1 aromatic heterocycles. The number of rotatable bonds is 3. The van der Waals surface area contributed by atoms with Crippen LogP contribution < -0.4 is 9.80 Å². The maximum Gasteiger partial charge on any atom is 0.339 e. The quantitative estimate of drug-likeness (QED) is 0.936. The molecule has 120 valence electrons. The number of carboxylic acids is 1. The van der Waals surface area contributed by atoms with Crippen LogP contribution >= 0.6 is 0 Å². The second-order valence-corrected chi connectivity index (χ2v) is 5.78. The third kappa shape index (κ3) is 3.26. The first-order chi connectivity index (χ1) is 11.0. The molecule has 0 bridgehead atoms. The van der Waals surface area contributed by atoms with Crippen molar-refractivity contribution in [3.8, 4) is 0 Å². The zero-order valence-electron chi connectivity index (χ0n) is 13.4. The summed E-state index contributed by atoms with van der Waals surface area (Å²) in [5, 5.41) is 9.05. The molecule has 23 heavy (non-hydrogen) atoms. The molecule has 1 aromatic carbocycles. The summed E-state index contributed by atoms with van der Waals surface area (Å²) >= 11 is 0. The van der Waals surface area contributed by atoms with E-state index < -0.39 is 5.97 Å². The number of aryl methyl sites for hydroxylation is 2. The molecular formula is C17H20N4O2. The number of anilines is 2. The molecule has 0 saturated carbocycles. The zero-order chi connectivity index (χ0) is 16.4. The molecule has 0 atom stereocenters. The van der Waals surface area contributed by atoms with Crippen molar-refractivity contribution >= 4 is 17.6 Å². The molecule has 0 radical (unpaired) electrons. The predicted octanol–water partition coefficient (Wildman–Crippen LogP) is 2.12. The minimum atomic E-state index is -0.988. The Balaban J connectivity index is 1.68. The Bertz CT molecular complexity index is 707. The third-order valence-corrected chi connectivity index (χ3v) is 4.16. The Kier molecular flexibility index (Phi) is 4.14. The van der Waals surface area contributed by atoms with Crippen molar-refractivity contribution in [2.45, 2.75) is 13.8 Å². The molecular weight excluding hydrogens is 292 g/mol. The molecule has 1 fully saturated rings. The number of hydrogen-bond donors (Lipinski definition) is 1. The Morgan fingerprint density at radius 2 is 1.65 bits per heavy atom. The average Bonchev–Trinajstić information content (AvgIpc) is 2.55. The minimum absolute atomic E-state index is 0.159. The van der Waals surface area contributed by atoms with Gasteiger partial charge in [-0.05, 0) is 26.0 Å². The topological polar surface area (TPSA) is 69.6 Å². The van der Waals surface area contributed by atoms with Crippen molar-refractivity contribution in [1.29, 1.82) is 0 Å². The van der Waals surface area contributed by atoms with Crippen molar-refractivity contribution < 1.29 is 9.90 Å². The predicted molar refractivity (Wildman–Crippen MR) is 89.3 cm³/mol. The number of benzene rings is 1. The summed E-state index contributed by atoms with van der Waals surface area (Å²) in [6.45, 7) is 7.22. The lowest BCUT2D eigenvalue weighted by Crippen LogP contribution is -2.47. The van der Waals surface area contributed by atoms with Crippen molar-refractivity contribution in [1.82, 2.24) is 9.97 Å². The third-order valence-electron chi connectivity index (χ3n) is 4.16. The van der Waals surface area contributed by atoms with E-state index in [-0.39, 0.29) is 5.56 Å². The monoisotopic (exact) mass is 312 g/mol. The van der Waals surface area contributed by atoms with Crippen LogP contribution in [-0.2, 0) is 0 Å². The van der Waals surface area contributed by atoms with E-state index in [4.69, 9.17) is 5.11 Å². The van der Waals surface area contributed by atoms with E-state index in [1.807, 2.05) is 0 Å². The molecule has 1 saturated heterocycles. The Morgan fingerprint density at radius 3 is 2.22 bits per heavy atom. The summed E-state index contributed by atoms with van der Waals surface area (Å²) < 4.78 is 0. The van der Waals surface area contributed by atoms with Gasteiger partial charge in [0.1, 0.15) is 0 Å². The van der Waals surface area contributed by atoms with Crippen LogP contribution in [0.1, 0.15) is 21.6 Å². The van der Waals surface area contributed by atoms with E-state index in [1.54, 1.807) is 6.92 Å². The van der Waals surface area contributed by atoms with Crippen LogP contribution in [0.15, 0.2) is 30.5 Å². The summed E-state index contributed by atoms with van der Waals surface area (Å²) in [7, 11) is 0. The molecule has 0 amide bonds. The molecule has 6 heteroatoms. The molecule has 1 aliphatic heterocycles. The summed E-state index contributed by atoms with van der Waals surface area (Å²) in [5.41, 5.74) is 3.15. The van der Waals surface area contributed by atoms with E-state index >= 15 is 0 Å². The summed E-state index contributed by atoms with van der Waals surface area (Å²) in [4.78, 5) is 24.0. The van der Waals surface area contributed by atoms with Gasteiger partial charge in [0.15, 0.2) is 0 Å². The number of aromatic carboxylic acids is 1. The largest absolute Gasteiger partial charge is 0.478 e. The lowest BCUT2D eigenvalue weighted by molar-refractivity contribution is 0.0695. The van der Waals surface area contributed by atoms with Crippen LogP contribution in [0.3, 0.4) is 0 Å². The van der Waals surface area contributed by atoms with Gasteiger partial charge in [-0.3, -0.25) is 0 Å². The van der Waals surface area contributed by atoms with Gasteiger partial charge in [-0.1, -0.05) is 17.7 Å². The van der Waals surface area contributed by atoms with Gasteiger partial charge in [-0.2, -0.15) is 0 Å². The number of aromatic nitrogens is 2. The highest BCUT2D eigenvalue weighted by atomic mass is 16.4. The van der Waals surface area contributed by atoms with Crippen LogP contribution in [0.4, 0.5) is 11.6 Å². The van der Waals surface area contributed by atoms with Crippen molar-refractivity contribution in [2.75, 3.05) is 36.0 Å². The number of carboxylic acid groups (broad SMARTS) is 1. The maximum atomic E-state index is 11.0. The first-order valence-electron chi connectivity index (χ1n) is 7.68. The van der Waals surface area contributed by atoms with E-state index in [2.05, 4.69) is 51.0 Å². The van der Waals surface area contributed by atoms with Crippen molar-refractivity contribution in [3.63, 3.8) is 0 Å². The molecule has 2 heterocycles. The van der Waals surface area contributed by atoms with Gasteiger partial charge >= 0.3 is 5.97 Å². The molecule has 3 rings (SSSR count). The molecule has 2 aromatic rings. The van der Waals surface area contributed by atoms with Crippen molar-refractivity contribution in [3.05, 3.63) is 47.3 Å². The number of hydrogen-bond acceptors (Lipinski definition) is 5. The highest BCUT2D eigenvalue weighted by Crippen LogP contribution is 2.19. The second-order valence-electron chi connectivity index (χ2n) is 5.78. The minimum Gasteiger partial charge on any atom is -0.478 e. The molecule has 6 nitrogen and oxygen atoms in total. The lowest BCUT2D eigenvalue weighted by atomic mass is 10.2. The van der Waals surface area contributed by atoms with E-state index in [9.17, 15) is 4.79 Å². The van der Waals surface area contributed by atoms with Gasteiger partial charge in [0.25, 0.3) is 0 Å². The van der Waals surface area contributed by atoms with Gasteiger partial charge < -0.3 is 14.9 Å².